The van der Waals surface area contributed by atoms with Crippen molar-refractivity contribution in [1.82, 2.24) is 24.6 Å². The highest BCUT2D eigenvalue weighted by molar-refractivity contribution is 5.99. The lowest BCUT2D eigenvalue weighted by Gasteiger charge is -2.29. The lowest BCUT2D eigenvalue weighted by molar-refractivity contribution is -0.141. The van der Waals surface area contributed by atoms with Crippen molar-refractivity contribution in [2.24, 2.45) is 0 Å². The molecule has 0 aromatic carbocycles. The van der Waals surface area contributed by atoms with E-state index < -0.39 is 30.5 Å². The van der Waals surface area contributed by atoms with Crippen molar-refractivity contribution in [3.05, 3.63) is 42.1 Å². The van der Waals surface area contributed by atoms with Gasteiger partial charge in [-0.15, -0.1) is 0 Å². The molecule has 2 N–H and O–H groups in total. The molecule has 1 fully saturated rings. The van der Waals surface area contributed by atoms with Gasteiger partial charge in [0.15, 0.2) is 5.82 Å². The van der Waals surface area contributed by atoms with Gasteiger partial charge in [0.2, 0.25) is 0 Å². The third-order valence-electron chi connectivity index (χ3n) is 5.79. The number of anilines is 2. The average Bonchev–Trinajstić information content (AvgIpc) is 3.27. The molecule has 0 saturated carbocycles. The molecule has 34 heavy (non-hydrogen) atoms. The van der Waals surface area contributed by atoms with Gasteiger partial charge in [0.05, 0.1) is 23.2 Å². The molecule has 182 valence electrons. The van der Waals surface area contributed by atoms with Crippen molar-refractivity contribution in [2.45, 2.75) is 64.0 Å². The highest BCUT2D eigenvalue weighted by atomic mass is 19.4. The van der Waals surface area contributed by atoms with E-state index in [2.05, 4.69) is 20.4 Å². The van der Waals surface area contributed by atoms with E-state index in [0.29, 0.717) is 6.42 Å². The first-order valence-corrected chi connectivity index (χ1v) is 10.8. The number of halogens is 4. The van der Waals surface area contributed by atoms with E-state index in [9.17, 15) is 27.5 Å². The van der Waals surface area contributed by atoms with Gasteiger partial charge in [-0.2, -0.15) is 18.3 Å². The Balaban J connectivity index is 1.71. The van der Waals surface area contributed by atoms with Crippen LogP contribution in [0.2, 0.25) is 0 Å². The summed E-state index contributed by atoms with van der Waals surface area (Å²) in [7, 11) is 0. The molecule has 3 aromatic heterocycles. The maximum absolute atomic E-state index is 13.3. The highest BCUT2D eigenvalue weighted by Gasteiger charge is 2.36. The van der Waals surface area contributed by atoms with Crippen LogP contribution in [-0.2, 0) is 6.54 Å². The second-order valence-electron chi connectivity index (χ2n) is 8.57. The van der Waals surface area contributed by atoms with Gasteiger partial charge in [-0.25, -0.2) is 9.37 Å². The van der Waals surface area contributed by atoms with Gasteiger partial charge in [-0.3, -0.25) is 14.5 Å². The molecule has 0 bridgehead atoms. The molecule has 1 amide bonds. The van der Waals surface area contributed by atoms with Crippen LogP contribution in [0.3, 0.4) is 0 Å². The number of hydrogen-bond acceptors (Lipinski definition) is 6. The summed E-state index contributed by atoms with van der Waals surface area (Å²) in [6, 6.07) is 3.51. The van der Waals surface area contributed by atoms with Crippen LogP contribution < -0.4 is 5.32 Å². The number of aliphatic hydroxyl groups is 1. The molecule has 8 nitrogen and oxygen atoms in total. The minimum Gasteiger partial charge on any atom is -0.393 e. The lowest BCUT2D eigenvalue weighted by Crippen LogP contribution is -2.41. The Bertz CT molecular complexity index is 1180. The van der Waals surface area contributed by atoms with Crippen molar-refractivity contribution < 1.29 is 27.5 Å². The molecule has 1 aliphatic heterocycles. The molecular weight excluding hydrogens is 456 g/mol. The fourth-order valence-electron chi connectivity index (χ4n) is 4.33. The molecule has 4 rings (SSSR count). The Kier molecular flexibility index (Phi) is 6.43. The highest BCUT2D eigenvalue weighted by Crippen LogP contribution is 2.31. The van der Waals surface area contributed by atoms with Crippen LogP contribution in [0.1, 0.15) is 43.6 Å². The number of pyridine rings is 2. The number of amides is 1. The second kappa shape index (κ2) is 9.16. The smallest absolute Gasteiger partial charge is 0.393 e. The van der Waals surface area contributed by atoms with Crippen molar-refractivity contribution in [3.8, 4) is 0 Å². The number of alkyl halides is 3. The van der Waals surface area contributed by atoms with Gasteiger partial charge in [-0.05, 0) is 51.3 Å². The second-order valence-corrected chi connectivity index (χ2v) is 8.57. The first kappa shape index (κ1) is 23.9. The van der Waals surface area contributed by atoms with Gasteiger partial charge in [-0.1, -0.05) is 0 Å². The van der Waals surface area contributed by atoms with E-state index in [-0.39, 0.29) is 40.3 Å². The number of aromatic nitrogens is 4. The van der Waals surface area contributed by atoms with Gasteiger partial charge in [0.25, 0.3) is 5.91 Å². The molecule has 0 spiro atoms. The van der Waals surface area contributed by atoms with E-state index >= 15 is 0 Å². The number of rotatable bonds is 6. The van der Waals surface area contributed by atoms with Crippen LogP contribution in [-0.4, -0.2) is 60.0 Å². The van der Waals surface area contributed by atoms with Gasteiger partial charge in [0, 0.05) is 18.3 Å². The lowest BCUT2D eigenvalue weighted by atomic mass is 10.1. The first-order valence-electron chi connectivity index (χ1n) is 10.8. The molecule has 1 aliphatic rings. The fraction of sp³-hybridized carbons (Fsp3) is 0.455. The third kappa shape index (κ3) is 5.11. The Morgan fingerprint density at radius 2 is 2.03 bits per heavy atom. The summed E-state index contributed by atoms with van der Waals surface area (Å²) >= 11 is 0. The number of fused-ring (bicyclic) bond motifs is 1. The summed E-state index contributed by atoms with van der Waals surface area (Å²) < 4.78 is 53.6. The molecule has 0 aliphatic carbocycles. The van der Waals surface area contributed by atoms with E-state index in [4.69, 9.17) is 0 Å². The predicted molar refractivity (Wildman–Crippen MR) is 116 cm³/mol. The Hall–Kier alpha value is -3.28. The molecule has 12 heteroatoms. The summed E-state index contributed by atoms with van der Waals surface area (Å²) in [5.74, 6) is -0.738. The van der Waals surface area contributed by atoms with Crippen LogP contribution >= 0.6 is 0 Å². The summed E-state index contributed by atoms with van der Waals surface area (Å²) in [4.78, 5) is 23.0. The number of carbonyl (C=O) groups excluding carboxylic acids is 1. The minimum atomic E-state index is -4.55. The third-order valence-corrected chi connectivity index (χ3v) is 5.79. The molecule has 0 radical (unpaired) electrons. The molecule has 4 heterocycles. The van der Waals surface area contributed by atoms with E-state index in [1.54, 1.807) is 11.8 Å². The molecule has 1 saturated heterocycles. The first-order chi connectivity index (χ1) is 16.0. The zero-order valence-electron chi connectivity index (χ0n) is 18.6. The summed E-state index contributed by atoms with van der Waals surface area (Å²) in [6.07, 6.45) is -0.998. The zero-order valence-corrected chi connectivity index (χ0v) is 18.6. The van der Waals surface area contributed by atoms with Crippen molar-refractivity contribution in [2.75, 3.05) is 5.32 Å². The van der Waals surface area contributed by atoms with E-state index in [1.807, 2.05) is 6.92 Å². The Morgan fingerprint density at radius 1 is 1.26 bits per heavy atom. The largest absolute Gasteiger partial charge is 0.408 e. The van der Waals surface area contributed by atoms with Crippen LogP contribution in [0.25, 0.3) is 10.9 Å². The van der Waals surface area contributed by atoms with Crippen LogP contribution in [0, 0.1) is 5.82 Å². The number of nitrogens with one attached hydrogen (secondary N) is 1. The van der Waals surface area contributed by atoms with Gasteiger partial charge in [0.1, 0.15) is 23.9 Å². The molecule has 3 unspecified atom stereocenters. The predicted octanol–water partition coefficient (Wildman–Crippen LogP) is 4.04. The van der Waals surface area contributed by atoms with Gasteiger partial charge >= 0.3 is 6.18 Å². The number of likely N-dealkylation sites (tertiary alicyclic amines) is 1. The Morgan fingerprint density at radius 3 is 2.68 bits per heavy atom. The van der Waals surface area contributed by atoms with Crippen LogP contribution in [0.4, 0.5) is 29.2 Å². The minimum absolute atomic E-state index is 0.00776. The van der Waals surface area contributed by atoms with Crippen LogP contribution in [0.15, 0.2) is 30.6 Å². The Labute approximate surface area is 192 Å². The fourth-order valence-corrected chi connectivity index (χ4v) is 4.33. The SMILES string of the molecule is CC(O)CC1CCC(C)N1C(=O)c1cc2c(cn1)c(Nc1ccc(F)cn1)nn2CC(F)(F)F. The number of carbonyl (C=O) groups is 1. The molecule has 3 atom stereocenters. The average molecular weight is 480 g/mol. The molecular formula is C22H24F4N6O2. The monoisotopic (exact) mass is 480 g/mol. The number of nitrogens with zero attached hydrogens (tertiary/aromatic N) is 5. The maximum atomic E-state index is 13.3. The summed E-state index contributed by atoms with van der Waals surface area (Å²) in [6.45, 7) is 2.17. The standard InChI is InChI=1S/C22H24F4N6O2/c1-12-3-5-15(7-13(2)33)32(12)21(34)17-8-18-16(10-27-17)20(30-31(18)11-22(24,25)26)29-19-6-4-14(23)9-28-19/h4,6,8-10,12-13,15,33H,3,5,7,11H2,1-2H3,(H,28,29,30). The summed E-state index contributed by atoms with van der Waals surface area (Å²) in [5, 5.41) is 16.8. The maximum Gasteiger partial charge on any atom is 0.408 e. The normalized spacial score (nSPS) is 19.6. The quantitative estimate of drug-likeness (QED) is 0.517. The molecule has 3 aromatic rings. The van der Waals surface area contributed by atoms with Crippen molar-refractivity contribution in [1.29, 1.82) is 0 Å². The number of aliphatic hydroxyl groups excluding tert-OH is 1. The van der Waals surface area contributed by atoms with Crippen LogP contribution in [0.5, 0.6) is 0 Å². The number of hydrogen-bond donors (Lipinski definition) is 2. The van der Waals surface area contributed by atoms with Gasteiger partial charge < -0.3 is 15.3 Å². The summed E-state index contributed by atoms with van der Waals surface area (Å²) in [5.41, 5.74) is 0.0610. The topological polar surface area (TPSA) is 96.2 Å². The van der Waals surface area contributed by atoms with Crippen molar-refractivity contribution >= 4 is 28.4 Å². The van der Waals surface area contributed by atoms with Crippen molar-refractivity contribution in [3.63, 3.8) is 0 Å². The van der Waals surface area contributed by atoms with E-state index in [0.717, 1.165) is 29.8 Å². The van der Waals surface area contributed by atoms with E-state index in [1.165, 1.54) is 18.3 Å². The zero-order chi connectivity index (χ0) is 24.6.